The molecule has 3 rings (SSSR count). The Kier molecular flexibility index (Phi) is 3.85. The molecule has 0 unspecified atom stereocenters. The third kappa shape index (κ3) is 2.99. The second-order valence-electron chi connectivity index (χ2n) is 3.32. The molecule has 0 saturated heterocycles. The highest BCUT2D eigenvalue weighted by atomic mass is 32.2. The molecule has 0 bridgehead atoms. The van der Waals surface area contributed by atoms with Gasteiger partial charge in [-0.2, -0.15) is 4.98 Å². The molecule has 0 fully saturated rings. The van der Waals surface area contributed by atoms with Crippen LogP contribution in [0.4, 0.5) is 0 Å². The van der Waals surface area contributed by atoms with Gasteiger partial charge in [0.25, 0.3) is 0 Å². The van der Waals surface area contributed by atoms with Gasteiger partial charge in [0.1, 0.15) is 0 Å². The number of hydrogen-bond acceptors (Lipinski definition) is 9. The lowest BCUT2D eigenvalue weighted by Gasteiger charge is -1.89. The van der Waals surface area contributed by atoms with E-state index in [0.29, 0.717) is 23.2 Å². The van der Waals surface area contributed by atoms with E-state index in [2.05, 4.69) is 20.3 Å². The van der Waals surface area contributed by atoms with E-state index in [4.69, 9.17) is 8.94 Å². The molecule has 9 heteroatoms. The monoisotopic (exact) mass is 312 g/mol. The van der Waals surface area contributed by atoms with Crippen LogP contribution in [-0.2, 0) is 5.75 Å². The van der Waals surface area contributed by atoms with Crippen LogP contribution in [0.5, 0.6) is 0 Å². The summed E-state index contributed by atoms with van der Waals surface area (Å²) in [5, 5.41) is 11.9. The molecule has 0 saturated carbocycles. The van der Waals surface area contributed by atoms with Crippen LogP contribution in [0, 0.1) is 0 Å². The fraction of sp³-hybridized carbons (Fsp3) is 0.200. The normalized spacial score (nSPS) is 11.0. The van der Waals surface area contributed by atoms with Crippen molar-refractivity contribution in [3.8, 4) is 11.6 Å². The minimum atomic E-state index is 0.461. The maximum atomic E-state index is 5.20. The summed E-state index contributed by atoms with van der Waals surface area (Å²) in [7, 11) is 0. The van der Waals surface area contributed by atoms with E-state index in [1.54, 1.807) is 41.5 Å². The molecule has 0 N–H and O–H groups in total. The molecule has 0 aliphatic rings. The molecular weight excluding hydrogens is 304 g/mol. The predicted octanol–water partition coefficient (Wildman–Crippen LogP) is 3.20. The molecular formula is C10H8N4O2S3. The first-order valence-corrected chi connectivity index (χ1v) is 8.24. The van der Waals surface area contributed by atoms with E-state index in [1.807, 2.05) is 6.26 Å². The lowest BCUT2D eigenvalue weighted by atomic mass is 10.4. The summed E-state index contributed by atoms with van der Waals surface area (Å²) in [6, 6.07) is 3.57. The van der Waals surface area contributed by atoms with Crippen LogP contribution in [-0.4, -0.2) is 26.6 Å². The van der Waals surface area contributed by atoms with Crippen molar-refractivity contribution in [2.24, 2.45) is 0 Å². The van der Waals surface area contributed by atoms with Crippen molar-refractivity contribution < 1.29 is 8.94 Å². The number of thioether (sulfide) groups is 2. The fourth-order valence-electron chi connectivity index (χ4n) is 1.28. The zero-order valence-corrected chi connectivity index (χ0v) is 12.2. The number of nitrogens with zero attached hydrogens (tertiary/aromatic N) is 4. The SMILES string of the molecule is CSc1nnc(SCc2nc(-c3ccco3)no2)s1. The maximum Gasteiger partial charge on any atom is 0.238 e. The Balaban J connectivity index is 1.64. The van der Waals surface area contributed by atoms with Crippen LogP contribution in [0.3, 0.4) is 0 Å². The van der Waals surface area contributed by atoms with Gasteiger partial charge >= 0.3 is 0 Å². The molecule has 3 heterocycles. The van der Waals surface area contributed by atoms with Crippen molar-refractivity contribution >= 4 is 34.9 Å². The number of rotatable bonds is 5. The Morgan fingerprint density at radius 3 is 2.95 bits per heavy atom. The van der Waals surface area contributed by atoms with Crippen molar-refractivity contribution in [1.29, 1.82) is 0 Å². The molecule has 0 radical (unpaired) electrons. The smallest absolute Gasteiger partial charge is 0.238 e. The zero-order chi connectivity index (χ0) is 13.1. The minimum absolute atomic E-state index is 0.461. The molecule has 3 aromatic heterocycles. The van der Waals surface area contributed by atoms with Crippen molar-refractivity contribution in [2.45, 2.75) is 14.4 Å². The van der Waals surface area contributed by atoms with E-state index in [0.717, 1.165) is 8.68 Å². The van der Waals surface area contributed by atoms with Crippen LogP contribution in [0.2, 0.25) is 0 Å². The molecule has 19 heavy (non-hydrogen) atoms. The van der Waals surface area contributed by atoms with Gasteiger partial charge in [0.05, 0.1) is 12.0 Å². The lowest BCUT2D eigenvalue weighted by Crippen LogP contribution is -1.81. The second kappa shape index (κ2) is 5.76. The van der Waals surface area contributed by atoms with Crippen LogP contribution in [0.1, 0.15) is 5.89 Å². The van der Waals surface area contributed by atoms with Gasteiger partial charge in [-0.05, 0) is 18.4 Å². The Bertz CT molecular complexity index is 649. The molecule has 0 aromatic carbocycles. The second-order valence-corrected chi connectivity index (χ2v) is 6.57. The average Bonchev–Trinajstić information content (AvgIpc) is 3.16. The first-order valence-electron chi connectivity index (χ1n) is 5.22. The third-order valence-corrected chi connectivity index (χ3v) is 5.11. The number of aromatic nitrogens is 4. The third-order valence-electron chi connectivity index (χ3n) is 2.09. The van der Waals surface area contributed by atoms with Gasteiger partial charge < -0.3 is 8.94 Å². The summed E-state index contributed by atoms with van der Waals surface area (Å²) < 4.78 is 12.2. The summed E-state index contributed by atoms with van der Waals surface area (Å²) >= 11 is 4.66. The van der Waals surface area contributed by atoms with E-state index < -0.39 is 0 Å². The van der Waals surface area contributed by atoms with E-state index in [-0.39, 0.29) is 0 Å². The van der Waals surface area contributed by atoms with Gasteiger partial charge in [-0.15, -0.1) is 10.2 Å². The van der Waals surface area contributed by atoms with Crippen LogP contribution >= 0.6 is 34.9 Å². The maximum absolute atomic E-state index is 5.20. The molecule has 0 spiro atoms. The molecule has 0 amide bonds. The first kappa shape index (κ1) is 12.7. The van der Waals surface area contributed by atoms with Crippen LogP contribution in [0.15, 0.2) is 36.0 Å². The molecule has 0 atom stereocenters. The molecule has 0 aliphatic carbocycles. The first-order chi connectivity index (χ1) is 9.35. The average molecular weight is 312 g/mol. The molecule has 6 nitrogen and oxygen atoms in total. The summed E-state index contributed by atoms with van der Waals surface area (Å²) in [6.45, 7) is 0. The lowest BCUT2D eigenvalue weighted by molar-refractivity contribution is 0.390. The van der Waals surface area contributed by atoms with Crippen molar-refractivity contribution in [1.82, 2.24) is 20.3 Å². The Morgan fingerprint density at radius 1 is 1.32 bits per heavy atom. The van der Waals surface area contributed by atoms with Gasteiger partial charge in [-0.25, -0.2) is 0 Å². The van der Waals surface area contributed by atoms with Gasteiger partial charge in [0.15, 0.2) is 14.4 Å². The summed E-state index contributed by atoms with van der Waals surface area (Å²) in [5.74, 6) is 2.16. The van der Waals surface area contributed by atoms with Gasteiger partial charge in [-0.1, -0.05) is 40.0 Å². The van der Waals surface area contributed by atoms with Crippen molar-refractivity contribution in [3.05, 3.63) is 24.3 Å². The highest BCUT2D eigenvalue weighted by Crippen LogP contribution is 2.29. The van der Waals surface area contributed by atoms with Crippen molar-refractivity contribution in [2.75, 3.05) is 6.26 Å². The highest BCUT2D eigenvalue weighted by molar-refractivity contribution is 8.02. The standard InChI is InChI=1S/C10H8N4O2S3/c1-17-9-12-13-10(19-9)18-5-7-11-8(14-16-7)6-3-2-4-15-6/h2-4H,5H2,1H3. The predicted molar refractivity (Wildman–Crippen MR) is 73.3 cm³/mol. The van der Waals surface area contributed by atoms with Gasteiger partial charge in [-0.3, -0.25) is 0 Å². The van der Waals surface area contributed by atoms with Crippen LogP contribution < -0.4 is 0 Å². The Morgan fingerprint density at radius 2 is 2.21 bits per heavy atom. The zero-order valence-electron chi connectivity index (χ0n) is 9.77. The largest absolute Gasteiger partial charge is 0.461 e. The van der Waals surface area contributed by atoms with E-state index in [9.17, 15) is 0 Å². The van der Waals surface area contributed by atoms with E-state index >= 15 is 0 Å². The minimum Gasteiger partial charge on any atom is -0.461 e. The molecule has 3 aromatic rings. The van der Waals surface area contributed by atoms with Gasteiger partial charge in [0, 0.05) is 0 Å². The molecule has 0 aliphatic heterocycles. The van der Waals surface area contributed by atoms with Crippen LogP contribution in [0.25, 0.3) is 11.6 Å². The number of furan rings is 1. The summed E-state index contributed by atoms with van der Waals surface area (Å²) in [4.78, 5) is 4.25. The highest BCUT2D eigenvalue weighted by Gasteiger charge is 2.12. The fourth-order valence-corrected chi connectivity index (χ4v) is 3.56. The quantitative estimate of drug-likeness (QED) is 0.665. The topological polar surface area (TPSA) is 77.8 Å². The van der Waals surface area contributed by atoms with E-state index in [1.165, 1.54) is 11.8 Å². The number of hydrogen-bond donors (Lipinski definition) is 0. The summed E-state index contributed by atoms with van der Waals surface area (Å²) in [6.07, 6.45) is 3.55. The summed E-state index contributed by atoms with van der Waals surface area (Å²) in [5.41, 5.74) is 0. The van der Waals surface area contributed by atoms with Crippen molar-refractivity contribution in [3.63, 3.8) is 0 Å². The Labute approximate surface area is 121 Å². The molecule has 98 valence electrons. The van der Waals surface area contributed by atoms with Gasteiger partial charge in [0.2, 0.25) is 11.7 Å². The Hall–Kier alpha value is -1.32.